The van der Waals surface area contributed by atoms with Crippen molar-refractivity contribution in [2.24, 2.45) is 0 Å². The number of thiazole rings is 1. The molecule has 0 saturated heterocycles. The second-order valence-electron chi connectivity index (χ2n) is 2.96. The first-order valence-electron chi connectivity index (χ1n) is 4.46. The number of hydrogen-bond donors (Lipinski definition) is 1. The summed E-state index contributed by atoms with van der Waals surface area (Å²) in [6.07, 6.45) is 0. The summed E-state index contributed by atoms with van der Waals surface area (Å²) >= 11 is 1.31. The molecule has 1 aromatic rings. The molecule has 0 aliphatic rings. The van der Waals surface area contributed by atoms with E-state index in [1.807, 2.05) is 0 Å². The number of rotatable bonds is 4. The maximum Gasteiger partial charge on any atom is 0.332 e. The topological polar surface area (TPSA) is 70.5 Å². The minimum absolute atomic E-state index is 0.266. The van der Waals surface area contributed by atoms with Crippen LogP contribution < -0.4 is 0 Å². The molecule has 15 heavy (non-hydrogen) atoms. The fourth-order valence-corrected chi connectivity index (χ4v) is 1.94. The first-order valence-corrected chi connectivity index (χ1v) is 5.40. The van der Waals surface area contributed by atoms with Gasteiger partial charge in [-0.1, -0.05) is 0 Å². The van der Waals surface area contributed by atoms with E-state index in [-0.39, 0.29) is 5.91 Å². The normalized spacial score (nSPS) is 12.1. The number of carboxylic acid groups (broad SMARTS) is 1. The van der Waals surface area contributed by atoms with Gasteiger partial charge in [-0.25, -0.2) is 9.78 Å². The molecule has 1 aromatic heterocycles. The van der Waals surface area contributed by atoms with Crippen molar-refractivity contribution < 1.29 is 14.7 Å². The number of hydrogen-bond acceptors (Lipinski definition) is 4. The zero-order valence-electron chi connectivity index (χ0n) is 8.51. The largest absolute Gasteiger partial charge is 0.479 e. The third kappa shape index (κ3) is 2.53. The third-order valence-electron chi connectivity index (χ3n) is 2.02. The molecule has 0 aliphatic carbocycles. The summed E-state index contributed by atoms with van der Waals surface area (Å²) in [7, 11) is 0. The highest BCUT2D eigenvalue weighted by Gasteiger charge is 2.29. The van der Waals surface area contributed by atoms with E-state index in [0.29, 0.717) is 12.2 Å². The van der Waals surface area contributed by atoms with Crippen molar-refractivity contribution in [2.45, 2.75) is 19.9 Å². The van der Waals surface area contributed by atoms with E-state index in [1.165, 1.54) is 23.2 Å². The maximum atomic E-state index is 11.3. The smallest absolute Gasteiger partial charge is 0.332 e. The number of aromatic nitrogens is 1. The Morgan fingerprint density at radius 2 is 2.33 bits per heavy atom. The van der Waals surface area contributed by atoms with Crippen molar-refractivity contribution in [3.05, 3.63) is 16.6 Å². The van der Waals surface area contributed by atoms with E-state index in [1.54, 1.807) is 17.8 Å². The number of carbonyl (C=O) groups excluding carboxylic acids is 1. The molecule has 0 aromatic carbocycles. The van der Waals surface area contributed by atoms with Gasteiger partial charge in [0.15, 0.2) is 6.04 Å². The SMILES string of the molecule is CCN(C(C)=O)C(C(=O)O)c1cscn1. The summed E-state index contributed by atoms with van der Waals surface area (Å²) in [5, 5.41) is 10.7. The third-order valence-corrected chi connectivity index (χ3v) is 2.63. The first-order chi connectivity index (χ1) is 7.07. The maximum absolute atomic E-state index is 11.3. The van der Waals surface area contributed by atoms with Crippen LogP contribution in [0.1, 0.15) is 25.6 Å². The Balaban J connectivity index is 3.02. The predicted molar refractivity (Wildman–Crippen MR) is 55.6 cm³/mol. The Morgan fingerprint density at radius 3 is 2.67 bits per heavy atom. The molecule has 1 rings (SSSR count). The molecular formula is C9H12N2O3S. The minimum Gasteiger partial charge on any atom is -0.479 e. The van der Waals surface area contributed by atoms with E-state index in [2.05, 4.69) is 4.98 Å². The van der Waals surface area contributed by atoms with Crippen LogP contribution in [-0.4, -0.2) is 33.4 Å². The minimum atomic E-state index is -1.06. The number of likely N-dealkylation sites (N-methyl/N-ethyl adjacent to an activating group) is 1. The fourth-order valence-electron chi connectivity index (χ4n) is 1.36. The molecule has 0 spiro atoms. The van der Waals surface area contributed by atoms with Crippen LogP contribution in [0.3, 0.4) is 0 Å². The molecule has 1 atom stereocenters. The van der Waals surface area contributed by atoms with Crippen molar-refractivity contribution in [1.29, 1.82) is 0 Å². The first kappa shape index (κ1) is 11.6. The molecule has 1 amide bonds. The van der Waals surface area contributed by atoms with Gasteiger partial charge in [0, 0.05) is 18.8 Å². The van der Waals surface area contributed by atoms with Crippen LogP contribution in [0.5, 0.6) is 0 Å². The van der Waals surface area contributed by atoms with Gasteiger partial charge in [-0.05, 0) is 6.92 Å². The van der Waals surface area contributed by atoms with Crippen LogP contribution in [0.25, 0.3) is 0 Å². The molecule has 82 valence electrons. The quantitative estimate of drug-likeness (QED) is 0.838. The molecule has 5 nitrogen and oxygen atoms in total. The van der Waals surface area contributed by atoms with Crippen molar-refractivity contribution in [3.8, 4) is 0 Å². The van der Waals surface area contributed by atoms with Gasteiger partial charge in [-0.3, -0.25) is 4.79 Å². The molecule has 1 N–H and O–H groups in total. The summed E-state index contributed by atoms with van der Waals surface area (Å²) in [5.74, 6) is -1.32. The van der Waals surface area contributed by atoms with Gasteiger partial charge in [0.1, 0.15) is 0 Å². The molecule has 0 radical (unpaired) electrons. The van der Waals surface area contributed by atoms with Crippen molar-refractivity contribution in [2.75, 3.05) is 6.54 Å². The van der Waals surface area contributed by atoms with Gasteiger partial charge in [0.2, 0.25) is 5.91 Å². The Kier molecular flexibility index (Phi) is 3.79. The Bertz CT molecular complexity index is 350. The summed E-state index contributed by atoms with van der Waals surface area (Å²) in [6.45, 7) is 3.44. The molecule has 0 saturated carbocycles. The molecular weight excluding hydrogens is 216 g/mol. The zero-order chi connectivity index (χ0) is 11.4. The van der Waals surface area contributed by atoms with Crippen molar-refractivity contribution in [3.63, 3.8) is 0 Å². The zero-order valence-corrected chi connectivity index (χ0v) is 9.32. The average Bonchev–Trinajstić information content (AvgIpc) is 2.64. The lowest BCUT2D eigenvalue weighted by molar-refractivity contribution is -0.149. The van der Waals surface area contributed by atoms with Gasteiger partial charge in [-0.2, -0.15) is 0 Å². The average molecular weight is 228 g/mol. The van der Waals surface area contributed by atoms with Gasteiger partial charge in [0.05, 0.1) is 11.2 Å². The van der Waals surface area contributed by atoms with Crippen LogP contribution >= 0.6 is 11.3 Å². The van der Waals surface area contributed by atoms with Crippen LogP contribution in [0.4, 0.5) is 0 Å². The van der Waals surface area contributed by atoms with Gasteiger partial charge < -0.3 is 10.0 Å². The highest BCUT2D eigenvalue weighted by atomic mass is 32.1. The van der Waals surface area contributed by atoms with Crippen LogP contribution in [0.15, 0.2) is 10.9 Å². The van der Waals surface area contributed by atoms with Gasteiger partial charge in [-0.15, -0.1) is 11.3 Å². The van der Waals surface area contributed by atoms with E-state index >= 15 is 0 Å². The molecule has 1 heterocycles. The number of amides is 1. The second-order valence-corrected chi connectivity index (χ2v) is 3.68. The van der Waals surface area contributed by atoms with Crippen molar-refractivity contribution >= 4 is 23.2 Å². The monoisotopic (exact) mass is 228 g/mol. The van der Waals surface area contributed by atoms with Crippen LogP contribution in [-0.2, 0) is 9.59 Å². The summed E-state index contributed by atoms with van der Waals surface area (Å²) in [5.41, 5.74) is 1.96. The predicted octanol–water partition coefficient (Wildman–Crippen LogP) is 1.14. The number of carboxylic acids is 1. The molecule has 1 unspecified atom stereocenters. The standard InChI is InChI=1S/C9H12N2O3S/c1-3-11(6(2)12)8(9(13)14)7-4-15-5-10-7/h4-5,8H,3H2,1-2H3,(H,13,14). The second kappa shape index (κ2) is 4.88. The Labute approximate surface area is 91.4 Å². The number of carbonyl (C=O) groups is 2. The number of aliphatic carboxylic acids is 1. The van der Waals surface area contributed by atoms with E-state index in [9.17, 15) is 9.59 Å². The lowest BCUT2D eigenvalue weighted by atomic mass is 10.2. The molecule has 0 aliphatic heterocycles. The fraction of sp³-hybridized carbons (Fsp3) is 0.444. The molecule has 6 heteroatoms. The van der Waals surface area contributed by atoms with E-state index in [0.717, 1.165) is 0 Å². The van der Waals surface area contributed by atoms with Gasteiger partial charge >= 0.3 is 5.97 Å². The van der Waals surface area contributed by atoms with E-state index < -0.39 is 12.0 Å². The lowest BCUT2D eigenvalue weighted by Gasteiger charge is -2.25. The highest BCUT2D eigenvalue weighted by molar-refractivity contribution is 7.07. The molecule has 0 fully saturated rings. The summed E-state index contributed by atoms with van der Waals surface area (Å²) < 4.78 is 0. The van der Waals surface area contributed by atoms with Crippen LogP contribution in [0.2, 0.25) is 0 Å². The highest BCUT2D eigenvalue weighted by Crippen LogP contribution is 2.20. The lowest BCUT2D eigenvalue weighted by Crippen LogP contribution is -2.37. The van der Waals surface area contributed by atoms with Crippen molar-refractivity contribution in [1.82, 2.24) is 9.88 Å². The summed E-state index contributed by atoms with van der Waals surface area (Å²) in [6, 6.07) is -0.973. The van der Waals surface area contributed by atoms with Crippen LogP contribution in [0, 0.1) is 0 Å². The number of nitrogens with zero attached hydrogens (tertiary/aromatic N) is 2. The van der Waals surface area contributed by atoms with E-state index in [4.69, 9.17) is 5.11 Å². The van der Waals surface area contributed by atoms with Gasteiger partial charge in [0.25, 0.3) is 0 Å². The molecule has 0 bridgehead atoms. The summed E-state index contributed by atoms with van der Waals surface area (Å²) in [4.78, 5) is 27.5. The Morgan fingerprint density at radius 1 is 1.67 bits per heavy atom. The Hall–Kier alpha value is -1.43.